The molecule has 52 valence electrons. The smallest absolute Gasteiger partial charge is 0.328 e. The second-order valence-electron chi connectivity index (χ2n) is 1.86. The highest BCUT2D eigenvalue weighted by Crippen LogP contribution is 1.87. The normalized spacial score (nSPS) is 11.6. The van der Waals surface area contributed by atoms with Crippen molar-refractivity contribution in [2.24, 2.45) is 0 Å². The maximum absolute atomic E-state index is 9.98. The third-order valence-corrected chi connectivity index (χ3v) is 0.825. The predicted octanol–water partition coefficient (Wildman–Crippen LogP) is 0.237. The van der Waals surface area contributed by atoms with Crippen LogP contribution in [0.2, 0.25) is 0 Å². The van der Waals surface area contributed by atoms with Crippen molar-refractivity contribution in [3.8, 4) is 0 Å². The van der Waals surface area contributed by atoms with Crippen molar-refractivity contribution in [1.82, 2.24) is 5.32 Å². The van der Waals surface area contributed by atoms with Crippen LogP contribution in [0.1, 0.15) is 6.92 Å². The molecule has 0 aromatic rings. The molecule has 0 saturated heterocycles. The van der Waals surface area contributed by atoms with Gasteiger partial charge < -0.3 is 10.4 Å². The molecular weight excluding hydrogens is 118 g/mol. The lowest BCUT2D eigenvalue weighted by Gasteiger charge is -1.94. The first kappa shape index (κ1) is 8.17. The highest BCUT2D eigenvalue weighted by molar-refractivity contribution is 5.80. The Morgan fingerprint density at radius 3 is 2.67 bits per heavy atom. The van der Waals surface area contributed by atoms with Crippen LogP contribution in [0.5, 0.6) is 0 Å². The van der Waals surface area contributed by atoms with Gasteiger partial charge in [0, 0.05) is 12.6 Å². The third-order valence-electron chi connectivity index (χ3n) is 0.825. The molecule has 0 fully saturated rings. The summed E-state index contributed by atoms with van der Waals surface area (Å²) in [5.74, 6) is -0.886. The van der Waals surface area contributed by atoms with Crippen LogP contribution < -0.4 is 5.32 Å². The zero-order chi connectivity index (χ0) is 7.28. The van der Waals surface area contributed by atoms with Gasteiger partial charge in [0.1, 0.15) is 0 Å². The molecule has 3 nitrogen and oxygen atoms in total. The van der Waals surface area contributed by atoms with E-state index in [1.165, 1.54) is 6.08 Å². The molecule has 0 aliphatic heterocycles. The van der Waals surface area contributed by atoms with E-state index in [0.29, 0.717) is 6.54 Å². The molecule has 0 heterocycles. The molecule has 2 N–H and O–H groups in total. The molecule has 0 atom stereocenters. The molecule has 0 unspecified atom stereocenters. The quantitative estimate of drug-likeness (QED) is 0.536. The molecular formula is C6H11NO2. The number of nitrogens with one attached hydrogen (secondary N) is 1. The van der Waals surface area contributed by atoms with Crippen molar-refractivity contribution in [3.63, 3.8) is 0 Å². The Bertz CT molecular complexity index is 129. The van der Waals surface area contributed by atoms with Crippen LogP contribution >= 0.6 is 0 Å². The summed E-state index contributed by atoms with van der Waals surface area (Å²) in [6, 6.07) is 0. The van der Waals surface area contributed by atoms with E-state index < -0.39 is 5.97 Å². The average Bonchev–Trinajstić information content (AvgIpc) is 1.63. The maximum Gasteiger partial charge on any atom is 0.328 e. The first-order chi connectivity index (χ1) is 4.16. The van der Waals surface area contributed by atoms with Crippen LogP contribution in [0.25, 0.3) is 0 Å². The standard InChI is InChI=1S/C6H11NO2/c1-5(4-7-2)3-6(8)9/h3,7H,4H2,1-2H3,(H,8,9)/b5-3-. The van der Waals surface area contributed by atoms with E-state index in [9.17, 15) is 4.79 Å². The molecule has 3 heteroatoms. The van der Waals surface area contributed by atoms with Gasteiger partial charge in [0.2, 0.25) is 0 Å². The van der Waals surface area contributed by atoms with Crippen molar-refractivity contribution < 1.29 is 9.90 Å². The molecule has 0 aliphatic carbocycles. The number of carboxylic acids is 1. The van der Waals surface area contributed by atoms with Crippen molar-refractivity contribution >= 4 is 5.97 Å². The summed E-state index contributed by atoms with van der Waals surface area (Å²) in [5.41, 5.74) is 0.824. The first-order valence-electron chi connectivity index (χ1n) is 2.71. The zero-order valence-electron chi connectivity index (χ0n) is 5.64. The van der Waals surface area contributed by atoms with E-state index in [0.717, 1.165) is 5.57 Å². The van der Waals surface area contributed by atoms with Gasteiger partial charge in [-0.25, -0.2) is 4.79 Å². The lowest BCUT2D eigenvalue weighted by atomic mass is 10.3. The summed E-state index contributed by atoms with van der Waals surface area (Å²) in [5, 5.41) is 11.0. The van der Waals surface area contributed by atoms with Gasteiger partial charge in [0.25, 0.3) is 0 Å². The Labute approximate surface area is 54.4 Å². The Morgan fingerprint density at radius 2 is 2.33 bits per heavy atom. The van der Waals surface area contributed by atoms with Crippen LogP contribution in [-0.4, -0.2) is 24.7 Å². The molecule has 0 rings (SSSR count). The number of aliphatic carboxylic acids is 1. The predicted molar refractivity (Wildman–Crippen MR) is 35.3 cm³/mol. The highest BCUT2D eigenvalue weighted by atomic mass is 16.4. The van der Waals surface area contributed by atoms with Crippen molar-refractivity contribution in [2.45, 2.75) is 6.92 Å². The van der Waals surface area contributed by atoms with Crippen LogP contribution in [-0.2, 0) is 4.79 Å². The van der Waals surface area contributed by atoms with Gasteiger partial charge in [-0.2, -0.15) is 0 Å². The minimum atomic E-state index is -0.886. The number of hydrogen-bond donors (Lipinski definition) is 2. The second-order valence-corrected chi connectivity index (χ2v) is 1.86. The highest BCUT2D eigenvalue weighted by Gasteiger charge is 1.90. The van der Waals surface area contributed by atoms with Crippen LogP contribution in [0.15, 0.2) is 11.6 Å². The van der Waals surface area contributed by atoms with Gasteiger partial charge in [-0.1, -0.05) is 5.57 Å². The molecule has 0 amide bonds. The number of hydrogen-bond acceptors (Lipinski definition) is 2. The molecule has 0 saturated carbocycles. The van der Waals surface area contributed by atoms with E-state index in [4.69, 9.17) is 5.11 Å². The van der Waals surface area contributed by atoms with Gasteiger partial charge in [-0.15, -0.1) is 0 Å². The lowest BCUT2D eigenvalue weighted by Crippen LogP contribution is -2.09. The lowest BCUT2D eigenvalue weighted by molar-refractivity contribution is -0.131. The summed E-state index contributed by atoms with van der Waals surface area (Å²) < 4.78 is 0. The first-order valence-corrected chi connectivity index (χ1v) is 2.71. The zero-order valence-corrected chi connectivity index (χ0v) is 5.64. The summed E-state index contributed by atoms with van der Waals surface area (Å²) >= 11 is 0. The fraction of sp³-hybridized carbons (Fsp3) is 0.500. The Kier molecular flexibility index (Phi) is 3.71. The van der Waals surface area contributed by atoms with Gasteiger partial charge in [-0.05, 0) is 14.0 Å². The molecule has 0 bridgehead atoms. The fourth-order valence-corrected chi connectivity index (χ4v) is 0.541. The van der Waals surface area contributed by atoms with E-state index in [1.54, 1.807) is 14.0 Å². The third kappa shape index (κ3) is 5.03. The van der Waals surface area contributed by atoms with Crippen LogP contribution in [0, 0.1) is 0 Å². The molecule has 0 aliphatic rings. The maximum atomic E-state index is 9.98. The van der Waals surface area contributed by atoms with Crippen molar-refractivity contribution in [2.75, 3.05) is 13.6 Å². The number of carbonyl (C=O) groups is 1. The van der Waals surface area contributed by atoms with Crippen LogP contribution in [0.3, 0.4) is 0 Å². The minimum absolute atomic E-state index is 0.631. The van der Waals surface area contributed by atoms with Gasteiger partial charge in [0.15, 0.2) is 0 Å². The van der Waals surface area contributed by atoms with Crippen LogP contribution in [0.4, 0.5) is 0 Å². The van der Waals surface area contributed by atoms with E-state index >= 15 is 0 Å². The fourth-order valence-electron chi connectivity index (χ4n) is 0.541. The van der Waals surface area contributed by atoms with Gasteiger partial charge in [-0.3, -0.25) is 0 Å². The van der Waals surface area contributed by atoms with Gasteiger partial charge >= 0.3 is 5.97 Å². The Hall–Kier alpha value is -0.830. The van der Waals surface area contributed by atoms with Crippen molar-refractivity contribution in [3.05, 3.63) is 11.6 Å². The summed E-state index contributed by atoms with van der Waals surface area (Å²) in [4.78, 5) is 9.98. The Morgan fingerprint density at radius 1 is 1.78 bits per heavy atom. The number of likely N-dealkylation sites (N-methyl/N-ethyl adjacent to an activating group) is 1. The van der Waals surface area contributed by atoms with Gasteiger partial charge in [0.05, 0.1) is 0 Å². The SMILES string of the molecule is CNC/C(C)=C\C(=O)O. The molecule has 0 radical (unpaired) electrons. The molecule has 9 heavy (non-hydrogen) atoms. The summed E-state index contributed by atoms with van der Waals surface area (Å²) in [7, 11) is 1.78. The number of rotatable bonds is 3. The summed E-state index contributed by atoms with van der Waals surface area (Å²) in [6.07, 6.45) is 1.19. The van der Waals surface area contributed by atoms with E-state index in [2.05, 4.69) is 5.32 Å². The molecule has 0 aromatic heterocycles. The van der Waals surface area contributed by atoms with E-state index in [-0.39, 0.29) is 0 Å². The van der Waals surface area contributed by atoms with E-state index in [1.807, 2.05) is 0 Å². The molecule has 0 spiro atoms. The Balaban J connectivity index is 3.69. The topological polar surface area (TPSA) is 49.3 Å². The second kappa shape index (κ2) is 4.09. The number of carboxylic acid groups (broad SMARTS) is 1. The molecule has 0 aromatic carbocycles. The van der Waals surface area contributed by atoms with Crippen molar-refractivity contribution in [1.29, 1.82) is 0 Å². The monoisotopic (exact) mass is 129 g/mol. The minimum Gasteiger partial charge on any atom is -0.478 e. The average molecular weight is 129 g/mol. The summed E-state index contributed by atoms with van der Waals surface area (Å²) in [6.45, 7) is 2.40. The largest absolute Gasteiger partial charge is 0.478 e.